The molecule has 0 radical (unpaired) electrons. The highest BCUT2D eigenvalue weighted by molar-refractivity contribution is 7.89. The number of hydrogen-bond acceptors (Lipinski definition) is 4. The lowest BCUT2D eigenvalue weighted by Gasteiger charge is -2.13. The van der Waals surface area contributed by atoms with Gasteiger partial charge in [-0.05, 0) is 25.7 Å². The molecule has 0 amide bonds. The van der Waals surface area contributed by atoms with Gasteiger partial charge >= 0.3 is 0 Å². The molecule has 1 heterocycles. The van der Waals surface area contributed by atoms with Gasteiger partial charge in [-0.3, -0.25) is 5.10 Å². The predicted molar refractivity (Wildman–Crippen MR) is 73.1 cm³/mol. The average molecular weight is 286 g/mol. The van der Waals surface area contributed by atoms with E-state index in [4.69, 9.17) is 0 Å². The van der Waals surface area contributed by atoms with Crippen LogP contribution in [0.1, 0.15) is 39.2 Å². The Balaban J connectivity index is 2.08. The summed E-state index contributed by atoms with van der Waals surface area (Å²) in [5.41, 5.74) is 0.671. The molecule has 0 aliphatic heterocycles. The minimum atomic E-state index is -3.51. The van der Waals surface area contributed by atoms with Gasteiger partial charge in [0.15, 0.2) is 5.03 Å². The van der Waals surface area contributed by atoms with Gasteiger partial charge in [0, 0.05) is 24.2 Å². The normalized spacial score (nSPS) is 17.9. The molecule has 1 aliphatic rings. The highest BCUT2D eigenvalue weighted by Gasteiger charge is 2.32. The van der Waals surface area contributed by atoms with Gasteiger partial charge in [-0.25, -0.2) is 13.1 Å². The fourth-order valence-electron chi connectivity index (χ4n) is 1.97. The fourth-order valence-corrected chi connectivity index (χ4v) is 3.41. The van der Waals surface area contributed by atoms with E-state index in [1.165, 1.54) is 0 Å². The van der Waals surface area contributed by atoms with E-state index in [9.17, 15) is 8.42 Å². The number of rotatable bonds is 7. The second-order valence-corrected chi connectivity index (χ2v) is 7.16. The minimum Gasteiger partial charge on any atom is -0.310 e. The SMILES string of the molecule is CC(C)NCc1cn[nH]c1S(=O)(=O)NC(C)C1CC1. The van der Waals surface area contributed by atoms with E-state index in [1.807, 2.05) is 20.8 Å². The number of sulfonamides is 1. The van der Waals surface area contributed by atoms with Crippen LogP contribution in [0.5, 0.6) is 0 Å². The van der Waals surface area contributed by atoms with Crippen LogP contribution in [0.3, 0.4) is 0 Å². The molecule has 108 valence electrons. The fraction of sp³-hybridized carbons (Fsp3) is 0.750. The Hall–Kier alpha value is -0.920. The van der Waals surface area contributed by atoms with E-state index in [0.717, 1.165) is 12.8 Å². The molecule has 1 aromatic heterocycles. The zero-order valence-corrected chi connectivity index (χ0v) is 12.4. The minimum absolute atomic E-state index is 0.0146. The summed E-state index contributed by atoms with van der Waals surface area (Å²) in [5, 5.41) is 9.81. The van der Waals surface area contributed by atoms with Crippen molar-refractivity contribution >= 4 is 10.0 Å². The Bertz CT molecular complexity index is 520. The first-order valence-corrected chi connectivity index (χ1v) is 8.16. The van der Waals surface area contributed by atoms with Gasteiger partial charge in [0.05, 0.1) is 6.20 Å². The van der Waals surface area contributed by atoms with Gasteiger partial charge in [-0.15, -0.1) is 0 Å². The molecule has 6 nitrogen and oxygen atoms in total. The van der Waals surface area contributed by atoms with Crippen molar-refractivity contribution in [2.24, 2.45) is 5.92 Å². The van der Waals surface area contributed by atoms with Crippen LogP contribution in [0.2, 0.25) is 0 Å². The molecular weight excluding hydrogens is 264 g/mol. The molecule has 1 unspecified atom stereocenters. The number of hydrogen-bond donors (Lipinski definition) is 3. The first kappa shape index (κ1) is 14.5. The third-order valence-corrected chi connectivity index (χ3v) is 4.89. The van der Waals surface area contributed by atoms with E-state index in [0.29, 0.717) is 24.1 Å². The maximum absolute atomic E-state index is 12.3. The number of nitrogens with zero attached hydrogens (tertiary/aromatic N) is 1. The van der Waals surface area contributed by atoms with Gasteiger partial charge in [0.25, 0.3) is 10.0 Å². The Labute approximate surface area is 114 Å². The van der Waals surface area contributed by atoms with Crippen molar-refractivity contribution in [3.8, 4) is 0 Å². The van der Waals surface area contributed by atoms with Gasteiger partial charge in [-0.1, -0.05) is 13.8 Å². The van der Waals surface area contributed by atoms with Crippen LogP contribution < -0.4 is 10.0 Å². The highest BCUT2D eigenvalue weighted by Crippen LogP contribution is 2.33. The summed E-state index contributed by atoms with van der Waals surface area (Å²) in [4.78, 5) is 0. The van der Waals surface area contributed by atoms with Gasteiger partial charge < -0.3 is 5.32 Å². The van der Waals surface area contributed by atoms with Gasteiger partial charge in [0.1, 0.15) is 0 Å². The Morgan fingerprint density at radius 1 is 1.42 bits per heavy atom. The van der Waals surface area contributed by atoms with Crippen molar-refractivity contribution in [2.45, 2.75) is 57.3 Å². The van der Waals surface area contributed by atoms with Crippen LogP contribution in [0.25, 0.3) is 0 Å². The average Bonchev–Trinajstić information content (AvgIpc) is 3.04. The van der Waals surface area contributed by atoms with Crippen LogP contribution in [-0.4, -0.2) is 30.7 Å². The van der Waals surface area contributed by atoms with Crippen LogP contribution in [0.15, 0.2) is 11.2 Å². The summed E-state index contributed by atoms with van der Waals surface area (Å²) in [5.74, 6) is 0.481. The number of H-pyrrole nitrogens is 1. The molecule has 1 atom stereocenters. The second-order valence-electron chi connectivity index (χ2n) is 5.51. The lowest BCUT2D eigenvalue weighted by Crippen LogP contribution is -2.35. The summed E-state index contributed by atoms with van der Waals surface area (Å²) in [6.45, 7) is 6.43. The topological polar surface area (TPSA) is 86.9 Å². The molecule has 0 spiro atoms. The first-order chi connectivity index (χ1) is 8.90. The van der Waals surface area contributed by atoms with Crippen molar-refractivity contribution in [3.63, 3.8) is 0 Å². The molecule has 1 fully saturated rings. The molecule has 3 N–H and O–H groups in total. The van der Waals surface area contributed by atoms with E-state index in [2.05, 4.69) is 20.2 Å². The zero-order chi connectivity index (χ0) is 14.0. The van der Waals surface area contributed by atoms with E-state index >= 15 is 0 Å². The second kappa shape index (κ2) is 5.60. The summed E-state index contributed by atoms with van der Waals surface area (Å²) in [6.07, 6.45) is 3.77. The van der Waals surface area contributed by atoms with Crippen LogP contribution >= 0.6 is 0 Å². The summed E-state index contributed by atoms with van der Waals surface area (Å²) < 4.78 is 27.3. The molecule has 7 heteroatoms. The first-order valence-electron chi connectivity index (χ1n) is 6.68. The van der Waals surface area contributed by atoms with E-state index in [-0.39, 0.29) is 11.1 Å². The highest BCUT2D eigenvalue weighted by atomic mass is 32.2. The molecule has 0 aromatic carbocycles. The molecular formula is C12H22N4O2S. The Morgan fingerprint density at radius 3 is 2.68 bits per heavy atom. The third-order valence-electron chi connectivity index (χ3n) is 3.32. The third kappa shape index (κ3) is 3.77. The Morgan fingerprint density at radius 2 is 2.11 bits per heavy atom. The van der Waals surface area contributed by atoms with Gasteiger partial charge in [0.2, 0.25) is 0 Å². The maximum Gasteiger partial charge on any atom is 0.258 e. The van der Waals surface area contributed by atoms with E-state index in [1.54, 1.807) is 6.20 Å². The van der Waals surface area contributed by atoms with Crippen molar-refractivity contribution in [3.05, 3.63) is 11.8 Å². The number of aromatic nitrogens is 2. The zero-order valence-electron chi connectivity index (χ0n) is 11.6. The van der Waals surface area contributed by atoms with Crippen LogP contribution in [0, 0.1) is 5.92 Å². The molecule has 1 aromatic rings. The Kier molecular flexibility index (Phi) is 4.27. The van der Waals surface area contributed by atoms with Crippen molar-refractivity contribution < 1.29 is 8.42 Å². The maximum atomic E-state index is 12.3. The standard InChI is InChI=1S/C12H22N4O2S/c1-8(2)13-6-11-7-14-15-12(11)19(17,18)16-9(3)10-4-5-10/h7-10,13,16H,4-6H2,1-3H3,(H,14,15). The lowest BCUT2D eigenvalue weighted by molar-refractivity contribution is 0.531. The van der Waals surface area contributed by atoms with E-state index < -0.39 is 10.0 Å². The smallest absolute Gasteiger partial charge is 0.258 e. The lowest BCUT2D eigenvalue weighted by atomic mass is 10.2. The molecule has 2 rings (SSSR count). The summed E-state index contributed by atoms with van der Waals surface area (Å²) >= 11 is 0. The predicted octanol–water partition coefficient (Wildman–Crippen LogP) is 0.985. The molecule has 1 saturated carbocycles. The summed E-state index contributed by atoms with van der Waals surface area (Å²) in [6, 6.07) is 0.281. The monoisotopic (exact) mass is 286 g/mol. The van der Waals surface area contributed by atoms with Crippen LogP contribution in [0.4, 0.5) is 0 Å². The summed E-state index contributed by atoms with van der Waals surface area (Å²) in [7, 11) is -3.51. The number of nitrogens with one attached hydrogen (secondary N) is 3. The molecule has 0 saturated heterocycles. The van der Waals surface area contributed by atoms with Crippen molar-refractivity contribution in [2.75, 3.05) is 0 Å². The van der Waals surface area contributed by atoms with Crippen LogP contribution in [-0.2, 0) is 16.6 Å². The van der Waals surface area contributed by atoms with Gasteiger partial charge in [-0.2, -0.15) is 5.10 Å². The van der Waals surface area contributed by atoms with Crippen molar-refractivity contribution in [1.29, 1.82) is 0 Å². The van der Waals surface area contributed by atoms with Crippen molar-refractivity contribution in [1.82, 2.24) is 20.2 Å². The molecule has 1 aliphatic carbocycles. The molecule has 19 heavy (non-hydrogen) atoms. The molecule has 0 bridgehead atoms. The number of aromatic amines is 1. The quantitative estimate of drug-likeness (QED) is 0.697. The largest absolute Gasteiger partial charge is 0.310 e.